The van der Waals surface area contributed by atoms with Gasteiger partial charge in [0.25, 0.3) is 5.79 Å². The van der Waals surface area contributed by atoms with Crippen molar-refractivity contribution in [2.75, 3.05) is 14.2 Å². The Morgan fingerprint density at radius 2 is 1.62 bits per heavy atom. The van der Waals surface area contributed by atoms with Gasteiger partial charge in [0.05, 0.1) is 31.5 Å². The molecule has 0 bridgehead atoms. The quantitative estimate of drug-likeness (QED) is 0.343. The highest BCUT2D eigenvalue weighted by atomic mass is 32.1. The van der Waals surface area contributed by atoms with Crippen molar-refractivity contribution in [2.24, 2.45) is 0 Å². The molecule has 7 nitrogen and oxygen atoms in total. The SMILES string of the molecule is COc1ccc(C2(O)OC(=O)C(c3ccc4nsnc4c3)=C2Cc2ccc(C(C)(C)C)cc2)cc1OC. The highest BCUT2D eigenvalue weighted by molar-refractivity contribution is 7.00. The number of benzene rings is 3. The van der Waals surface area contributed by atoms with Crippen molar-refractivity contribution in [3.8, 4) is 11.5 Å². The summed E-state index contributed by atoms with van der Waals surface area (Å²) in [6.45, 7) is 6.47. The molecule has 0 saturated carbocycles. The molecule has 1 aromatic heterocycles. The number of hydrogen-bond donors (Lipinski definition) is 1. The minimum Gasteiger partial charge on any atom is -0.493 e. The van der Waals surface area contributed by atoms with E-state index in [4.69, 9.17) is 14.2 Å². The van der Waals surface area contributed by atoms with E-state index >= 15 is 0 Å². The fourth-order valence-electron chi connectivity index (χ4n) is 4.58. The number of carbonyl (C=O) groups is 1. The van der Waals surface area contributed by atoms with Crippen molar-refractivity contribution in [3.63, 3.8) is 0 Å². The van der Waals surface area contributed by atoms with Crippen LogP contribution in [0.2, 0.25) is 0 Å². The summed E-state index contributed by atoms with van der Waals surface area (Å²) in [7, 11) is 3.05. The predicted molar refractivity (Wildman–Crippen MR) is 143 cm³/mol. The molecule has 1 atom stereocenters. The summed E-state index contributed by atoms with van der Waals surface area (Å²) >= 11 is 1.11. The summed E-state index contributed by atoms with van der Waals surface area (Å²) in [5.74, 6) is -1.68. The van der Waals surface area contributed by atoms with Crippen LogP contribution >= 0.6 is 11.7 Å². The maximum atomic E-state index is 13.4. The number of aliphatic hydroxyl groups is 1. The van der Waals surface area contributed by atoms with Crippen LogP contribution in [-0.2, 0) is 27.2 Å². The predicted octanol–water partition coefficient (Wildman–Crippen LogP) is 5.40. The van der Waals surface area contributed by atoms with Crippen LogP contribution in [0, 0.1) is 0 Å². The molecule has 1 aliphatic rings. The molecule has 0 aliphatic carbocycles. The van der Waals surface area contributed by atoms with Crippen LogP contribution in [-0.4, -0.2) is 34.0 Å². The topological polar surface area (TPSA) is 90.8 Å². The van der Waals surface area contributed by atoms with Crippen molar-refractivity contribution in [3.05, 3.63) is 88.5 Å². The van der Waals surface area contributed by atoms with Gasteiger partial charge in [0, 0.05) is 17.6 Å². The summed E-state index contributed by atoms with van der Waals surface area (Å²) in [6, 6.07) is 18.6. The van der Waals surface area contributed by atoms with Gasteiger partial charge in [-0.25, -0.2) is 4.79 Å². The first-order chi connectivity index (χ1) is 17.6. The molecular weight excluding hydrogens is 488 g/mol. The Labute approximate surface area is 219 Å². The third-order valence-electron chi connectivity index (χ3n) is 6.67. The first kappa shape index (κ1) is 24.9. The molecule has 5 rings (SSSR count). The van der Waals surface area contributed by atoms with Gasteiger partial charge in [0.15, 0.2) is 11.5 Å². The Balaban J connectivity index is 1.67. The minimum atomic E-state index is -2.00. The van der Waals surface area contributed by atoms with Gasteiger partial charge in [0.1, 0.15) is 11.0 Å². The Morgan fingerprint density at radius 1 is 0.919 bits per heavy atom. The summed E-state index contributed by atoms with van der Waals surface area (Å²) < 4.78 is 25.1. The van der Waals surface area contributed by atoms with Crippen molar-refractivity contribution in [2.45, 2.75) is 38.4 Å². The zero-order valence-corrected chi connectivity index (χ0v) is 22.2. The smallest absolute Gasteiger partial charge is 0.342 e. The normalized spacial score (nSPS) is 17.8. The van der Waals surface area contributed by atoms with E-state index in [0.717, 1.165) is 22.8 Å². The van der Waals surface area contributed by atoms with Crippen LogP contribution in [0.25, 0.3) is 16.6 Å². The number of ether oxygens (including phenoxy) is 3. The van der Waals surface area contributed by atoms with Gasteiger partial charge in [-0.15, -0.1) is 0 Å². The molecule has 190 valence electrons. The van der Waals surface area contributed by atoms with Crippen molar-refractivity contribution in [1.82, 2.24) is 8.75 Å². The van der Waals surface area contributed by atoms with Crippen LogP contribution in [0.5, 0.6) is 11.5 Å². The van der Waals surface area contributed by atoms with Crippen LogP contribution < -0.4 is 9.47 Å². The van der Waals surface area contributed by atoms with E-state index in [0.29, 0.717) is 45.7 Å². The minimum absolute atomic E-state index is 0.00671. The summed E-state index contributed by atoms with van der Waals surface area (Å²) in [5, 5.41) is 12.0. The zero-order chi connectivity index (χ0) is 26.4. The number of carbonyl (C=O) groups excluding carboxylic acids is 1. The van der Waals surface area contributed by atoms with Crippen molar-refractivity contribution < 1.29 is 24.1 Å². The Kier molecular flexibility index (Phi) is 6.25. The van der Waals surface area contributed by atoms with E-state index in [9.17, 15) is 9.90 Å². The molecule has 0 fully saturated rings. The van der Waals surface area contributed by atoms with Crippen LogP contribution in [0.1, 0.15) is 43.0 Å². The van der Waals surface area contributed by atoms with Gasteiger partial charge in [0.2, 0.25) is 0 Å². The highest BCUT2D eigenvalue weighted by Gasteiger charge is 2.48. The molecule has 8 heteroatoms. The molecule has 0 saturated heterocycles. The van der Waals surface area contributed by atoms with E-state index in [1.54, 1.807) is 24.3 Å². The number of hydrogen-bond acceptors (Lipinski definition) is 8. The lowest BCUT2D eigenvalue weighted by Crippen LogP contribution is -2.30. The van der Waals surface area contributed by atoms with Crippen LogP contribution in [0.4, 0.5) is 0 Å². The van der Waals surface area contributed by atoms with E-state index in [1.807, 2.05) is 24.3 Å². The summed E-state index contributed by atoms with van der Waals surface area (Å²) in [6.07, 6.45) is 0.295. The Bertz CT molecular complexity index is 1520. The standard InChI is InChI=1S/C29H28N2O5S/c1-28(2,3)19-9-6-17(7-10-19)14-21-26(18-8-12-22-23(15-18)31-37-30-22)27(32)36-29(21,33)20-11-13-24(34-4)25(16-20)35-5/h6-13,15-16,33H,14H2,1-5H3. The first-order valence-electron chi connectivity index (χ1n) is 11.9. The van der Waals surface area contributed by atoms with Crippen molar-refractivity contribution >= 4 is 34.3 Å². The van der Waals surface area contributed by atoms with Gasteiger partial charge >= 0.3 is 5.97 Å². The summed E-state index contributed by atoms with van der Waals surface area (Å²) in [5.41, 5.74) is 5.30. The summed E-state index contributed by atoms with van der Waals surface area (Å²) in [4.78, 5) is 13.4. The second-order valence-corrected chi connectivity index (χ2v) is 10.6. The maximum absolute atomic E-state index is 13.4. The zero-order valence-electron chi connectivity index (χ0n) is 21.4. The second kappa shape index (κ2) is 9.28. The van der Waals surface area contributed by atoms with Gasteiger partial charge in [-0.05, 0) is 52.4 Å². The molecule has 1 unspecified atom stereocenters. The average Bonchev–Trinajstić information content (AvgIpc) is 3.45. The van der Waals surface area contributed by atoms with Gasteiger partial charge in [-0.3, -0.25) is 0 Å². The number of aromatic nitrogens is 2. The lowest BCUT2D eigenvalue weighted by Gasteiger charge is -2.26. The molecule has 37 heavy (non-hydrogen) atoms. The van der Waals surface area contributed by atoms with Crippen LogP contribution in [0.3, 0.4) is 0 Å². The molecule has 0 amide bonds. The number of cyclic esters (lactones) is 1. The van der Waals surface area contributed by atoms with E-state index in [1.165, 1.54) is 19.8 Å². The molecule has 1 aliphatic heterocycles. The fraction of sp³-hybridized carbons (Fsp3) is 0.276. The maximum Gasteiger partial charge on any atom is 0.342 e. The number of methoxy groups -OCH3 is 2. The van der Waals surface area contributed by atoms with Gasteiger partial charge in [-0.2, -0.15) is 8.75 Å². The molecule has 1 N–H and O–H groups in total. The molecule has 0 spiro atoms. The van der Waals surface area contributed by atoms with E-state index in [2.05, 4.69) is 41.7 Å². The number of nitrogens with zero attached hydrogens (tertiary/aromatic N) is 2. The molecule has 0 radical (unpaired) electrons. The largest absolute Gasteiger partial charge is 0.493 e. The molecule has 4 aromatic rings. The molecule has 3 aromatic carbocycles. The molecule has 2 heterocycles. The highest BCUT2D eigenvalue weighted by Crippen LogP contribution is 2.46. The second-order valence-electron chi connectivity index (χ2n) is 10.0. The lowest BCUT2D eigenvalue weighted by molar-refractivity contribution is -0.185. The van der Waals surface area contributed by atoms with Gasteiger partial charge in [-0.1, -0.05) is 51.1 Å². The number of rotatable bonds is 6. The van der Waals surface area contributed by atoms with Gasteiger partial charge < -0.3 is 19.3 Å². The third-order valence-corrected chi connectivity index (χ3v) is 7.23. The third kappa shape index (κ3) is 4.47. The number of esters is 1. The molecular formula is C29H28N2O5S. The Morgan fingerprint density at radius 3 is 2.30 bits per heavy atom. The fourth-order valence-corrected chi connectivity index (χ4v) is 5.10. The first-order valence-corrected chi connectivity index (χ1v) is 12.6. The van der Waals surface area contributed by atoms with E-state index < -0.39 is 11.8 Å². The average molecular weight is 517 g/mol. The van der Waals surface area contributed by atoms with Crippen molar-refractivity contribution in [1.29, 1.82) is 0 Å². The van der Waals surface area contributed by atoms with Crippen LogP contribution in [0.15, 0.2) is 66.2 Å². The monoisotopic (exact) mass is 516 g/mol. The van der Waals surface area contributed by atoms with E-state index in [-0.39, 0.29) is 5.41 Å². The lowest BCUT2D eigenvalue weighted by atomic mass is 9.84. The Hall–Kier alpha value is -3.75. The number of fused-ring (bicyclic) bond motifs is 1.